The average Bonchev–Trinajstić information content (AvgIpc) is 2.97. The van der Waals surface area contributed by atoms with Crippen LogP contribution in [0.2, 0.25) is 0 Å². The first-order valence-electron chi connectivity index (χ1n) is 7.00. The van der Waals surface area contributed by atoms with Crippen LogP contribution in [0.4, 0.5) is 5.69 Å². The van der Waals surface area contributed by atoms with Crippen LogP contribution >= 0.6 is 0 Å². The van der Waals surface area contributed by atoms with Crippen LogP contribution in [0.3, 0.4) is 0 Å². The van der Waals surface area contributed by atoms with Gasteiger partial charge in [0.1, 0.15) is 5.82 Å². The standard InChI is InChI=1S/C17H16N4O/c1-13(22)20-16-4-2-15(3-5-16)17-19-10-11-21(17)12-14-6-8-18-9-7-14/h2-11H,12H2,1H3,(H,20,22). The number of hydrogen-bond acceptors (Lipinski definition) is 3. The van der Waals surface area contributed by atoms with Gasteiger partial charge in [-0.1, -0.05) is 0 Å². The Bertz CT molecular complexity index is 763. The fourth-order valence-corrected chi connectivity index (χ4v) is 2.29. The number of carbonyl (C=O) groups is 1. The molecule has 0 unspecified atom stereocenters. The summed E-state index contributed by atoms with van der Waals surface area (Å²) in [5.41, 5.74) is 2.96. The Hall–Kier alpha value is -2.95. The van der Waals surface area contributed by atoms with E-state index < -0.39 is 0 Å². The molecule has 0 saturated carbocycles. The molecule has 1 aromatic carbocycles. The molecule has 0 aliphatic rings. The molecule has 1 N–H and O–H groups in total. The van der Waals surface area contributed by atoms with Crippen LogP contribution in [0, 0.1) is 0 Å². The number of imidazole rings is 1. The minimum atomic E-state index is -0.0769. The molecular formula is C17H16N4O. The lowest BCUT2D eigenvalue weighted by molar-refractivity contribution is -0.114. The second-order valence-electron chi connectivity index (χ2n) is 4.99. The van der Waals surface area contributed by atoms with E-state index in [1.54, 1.807) is 18.6 Å². The number of nitrogens with zero attached hydrogens (tertiary/aromatic N) is 3. The molecule has 0 radical (unpaired) electrons. The molecule has 0 saturated heterocycles. The molecule has 1 amide bonds. The van der Waals surface area contributed by atoms with Gasteiger partial charge in [0.05, 0.1) is 0 Å². The van der Waals surface area contributed by atoms with Gasteiger partial charge in [-0.2, -0.15) is 0 Å². The Labute approximate surface area is 128 Å². The molecule has 22 heavy (non-hydrogen) atoms. The third-order valence-corrected chi connectivity index (χ3v) is 3.28. The van der Waals surface area contributed by atoms with E-state index in [-0.39, 0.29) is 5.91 Å². The summed E-state index contributed by atoms with van der Waals surface area (Å²) < 4.78 is 2.09. The number of benzene rings is 1. The number of aromatic nitrogens is 3. The highest BCUT2D eigenvalue weighted by molar-refractivity contribution is 5.88. The molecule has 3 aromatic rings. The SMILES string of the molecule is CC(=O)Nc1ccc(-c2nccn2Cc2ccncc2)cc1. The lowest BCUT2D eigenvalue weighted by Gasteiger charge is -2.09. The molecule has 2 aromatic heterocycles. The van der Waals surface area contributed by atoms with Crippen LogP contribution in [-0.4, -0.2) is 20.4 Å². The number of rotatable bonds is 4. The number of hydrogen-bond donors (Lipinski definition) is 1. The maximum atomic E-state index is 11.1. The number of carbonyl (C=O) groups excluding carboxylic acids is 1. The lowest BCUT2D eigenvalue weighted by Crippen LogP contribution is -2.05. The molecule has 3 rings (SSSR count). The normalized spacial score (nSPS) is 10.4. The van der Waals surface area contributed by atoms with Gasteiger partial charge in [0.2, 0.25) is 5.91 Å². The summed E-state index contributed by atoms with van der Waals surface area (Å²) >= 11 is 0. The third kappa shape index (κ3) is 3.20. The van der Waals surface area contributed by atoms with Gasteiger partial charge >= 0.3 is 0 Å². The molecular weight excluding hydrogens is 276 g/mol. The van der Waals surface area contributed by atoms with Crippen molar-refractivity contribution in [1.82, 2.24) is 14.5 Å². The molecule has 0 bridgehead atoms. The van der Waals surface area contributed by atoms with E-state index in [1.807, 2.05) is 42.6 Å². The molecule has 0 aliphatic heterocycles. The van der Waals surface area contributed by atoms with Crippen LogP contribution < -0.4 is 5.32 Å². The first kappa shape index (κ1) is 14.0. The van der Waals surface area contributed by atoms with Gasteiger partial charge in [-0.25, -0.2) is 4.98 Å². The van der Waals surface area contributed by atoms with Crippen LogP contribution in [0.5, 0.6) is 0 Å². The van der Waals surface area contributed by atoms with Crippen LogP contribution in [0.25, 0.3) is 11.4 Å². The lowest BCUT2D eigenvalue weighted by atomic mass is 10.2. The van der Waals surface area contributed by atoms with Gasteiger partial charge in [-0.15, -0.1) is 0 Å². The quantitative estimate of drug-likeness (QED) is 0.804. The van der Waals surface area contributed by atoms with Crippen molar-refractivity contribution in [2.45, 2.75) is 13.5 Å². The number of nitrogens with one attached hydrogen (secondary N) is 1. The van der Waals surface area contributed by atoms with Gasteiger partial charge in [0.15, 0.2) is 0 Å². The molecule has 0 aliphatic carbocycles. The van der Waals surface area contributed by atoms with Crippen molar-refractivity contribution in [3.05, 3.63) is 66.7 Å². The fraction of sp³-hybridized carbons (Fsp3) is 0.118. The summed E-state index contributed by atoms with van der Waals surface area (Å²) in [4.78, 5) is 19.5. The van der Waals surface area contributed by atoms with Crippen molar-refractivity contribution in [2.24, 2.45) is 0 Å². The fourth-order valence-electron chi connectivity index (χ4n) is 2.29. The van der Waals surface area contributed by atoms with E-state index in [2.05, 4.69) is 19.9 Å². The van der Waals surface area contributed by atoms with Crippen molar-refractivity contribution >= 4 is 11.6 Å². The van der Waals surface area contributed by atoms with Crippen LogP contribution in [0.1, 0.15) is 12.5 Å². The minimum absolute atomic E-state index is 0.0769. The largest absolute Gasteiger partial charge is 0.327 e. The van der Waals surface area contributed by atoms with E-state index in [9.17, 15) is 4.79 Å². The molecule has 2 heterocycles. The highest BCUT2D eigenvalue weighted by Gasteiger charge is 2.07. The summed E-state index contributed by atoms with van der Waals surface area (Å²) in [7, 11) is 0. The molecule has 5 nitrogen and oxygen atoms in total. The Balaban J connectivity index is 1.84. The summed E-state index contributed by atoms with van der Waals surface area (Å²) in [6, 6.07) is 11.6. The second kappa shape index (κ2) is 6.22. The van der Waals surface area contributed by atoms with Crippen molar-refractivity contribution < 1.29 is 4.79 Å². The van der Waals surface area contributed by atoms with Gasteiger partial charge in [-0.3, -0.25) is 9.78 Å². The van der Waals surface area contributed by atoms with Gasteiger partial charge in [-0.05, 0) is 42.0 Å². The van der Waals surface area contributed by atoms with E-state index >= 15 is 0 Å². The Morgan fingerprint density at radius 1 is 1.09 bits per heavy atom. The van der Waals surface area contributed by atoms with Gasteiger partial charge in [0.25, 0.3) is 0 Å². The Morgan fingerprint density at radius 3 is 2.50 bits per heavy atom. The summed E-state index contributed by atoms with van der Waals surface area (Å²) in [6.45, 7) is 2.24. The maximum Gasteiger partial charge on any atom is 0.221 e. The number of pyridine rings is 1. The smallest absolute Gasteiger partial charge is 0.221 e. The highest BCUT2D eigenvalue weighted by Crippen LogP contribution is 2.21. The Kier molecular flexibility index (Phi) is 3.96. The molecule has 0 spiro atoms. The van der Waals surface area contributed by atoms with Crippen molar-refractivity contribution in [3.63, 3.8) is 0 Å². The Morgan fingerprint density at radius 2 is 1.82 bits per heavy atom. The maximum absolute atomic E-state index is 11.1. The summed E-state index contributed by atoms with van der Waals surface area (Å²) in [6.07, 6.45) is 7.32. The summed E-state index contributed by atoms with van der Waals surface area (Å²) in [5.74, 6) is 0.818. The predicted octanol–water partition coefficient (Wildman–Crippen LogP) is 2.95. The van der Waals surface area contributed by atoms with E-state index in [4.69, 9.17) is 0 Å². The zero-order valence-electron chi connectivity index (χ0n) is 12.2. The van der Waals surface area contributed by atoms with Crippen LogP contribution in [0.15, 0.2) is 61.2 Å². The molecule has 0 fully saturated rings. The van der Waals surface area contributed by atoms with Crippen molar-refractivity contribution in [2.75, 3.05) is 5.32 Å². The van der Waals surface area contributed by atoms with Crippen molar-refractivity contribution in [3.8, 4) is 11.4 Å². The highest BCUT2D eigenvalue weighted by atomic mass is 16.1. The first-order valence-corrected chi connectivity index (χ1v) is 7.00. The number of anilines is 1. The first-order chi connectivity index (χ1) is 10.7. The van der Waals surface area contributed by atoms with E-state index in [1.165, 1.54) is 12.5 Å². The predicted molar refractivity (Wildman–Crippen MR) is 85.3 cm³/mol. The third-order valence-electron chi connectivity index (χ3n) is 3.28. The van der Waals surface area contributed by atoms with E-state index in [0.29, 0.717) is 0 Å². The zero-order chi connectivity index (χ0) is 15.4. The van der Waals surface area contributed by atoms with E-state index in [0.717, 1.165) is 23.6 Å². The molecule has 110 valence electrons. The minimum Gasteiger partial charge on any atom is -0.327 e. The molecule has 0 atom stereocenters. The average molecular weight is 292 g/mol. The number of amides is 1. The van der Waals surface area contributed by atoms with Gasteiger partial charge < -0.3 is 9.88 Å². The summed E-state index contributed by atoms with van der Waals surface area (Å²) in [5, 5.41) is 2.76. The second-order valence-corrected chi connectivity index (χ2v) is 4.99. The topological polar surface area (TPSA) is 59.8 Å². The zero-order valence-corrected chi connectivity index (χ0v) is 12.2. The molecule has 5 heteroatoms. The van der Waals surface area contributed by atoms with Crippen molar-refractivity contribution in [1.29, 1.82) is 0 Å². The van der Waals surface area contributed by atoms with Crippen LogP contribution in [-0.2, 0) is 11.3 Å². The monoisotopic (exact) mass is 292 g/mol. The van der Waals surface area contributed by atoms with Gasteiger partial charge in [0, 0.05) is 49.5 Å².